The molecule has 4 heteroatoms. The molecule has 3 unspecified atom stereocenters. The molecule has 0 bridgehead atoms. The van der Waals surface area contributed by atoms with Gasteiger partial charge in [0, 0.05) is 11.4 Å². The Balaban J connectivity index is 1.92. The van der Waals surface area contributed by atoms with Gasteiger partial charge >= 0.3 is 0 Å². The van der Waals surface area contributed by atoms with Gasteiger partial charge in [-0.25, -0.2) is 4.98 Å². The number of nitrogens with one attached hydrogen (secondary N) is 1. The summed E-state index contributed by atoms with van der Waals surface area (Å²) in [7, 11) is 0. The number of aromatic nitrogens is 1. The first-order valence-corrected chi connectivity index (χ1v) is 6.80. The van der Waals surface area contributed by atoms with Gasteiger partial charge in [-0.1, -0.05) is 13.8 Å². The largest absolute Gasteiger partial charge is 0.348 e. The normalized spacial score (nSPS) is 30.0. The van der Waals surface area contributed by atoms with E-state index in [0.29, 0.717) is 17.7 Å². The van der Waals surface area contributed by atoms with Crippen molar-refractivity contribution >= 4 is 17.2 Å². The van der Waals surface area contributed by atoms with Gasteiger partial charge in [0.15, 0.2) is 0 Å². The molecule has 0 saturated heterocycles. The average molecular weight is 238 g/mol. The summed E-state index contributed by atoms with van der Waals surface area (Å²) in [6.45, 7) is 4.51. The van der Waals surface area contributed by atoms with Crippen LogP contribution in [0.5, 0.6) is 0 Å². The monoisotopic (exact) mass is 238 g/mol. The summed E-state index contributed by atoms with van der Waals surface area (Å²) in [6.07, 6.45) is 3.52. The van der Waals surface area contributed by atoms with E-state index in [2.05, 4.69) is 24.1 Å². The maximum atomic E-state index is 11.8. The van der Waals surface area contributed by atoms with E-state index in [1.54, 1.807) is 10.9 Å². The Kier molecular flexibility index (Phi) is 3.59. The minimum atomic E-state index is -0.0207. The standard InChI is InChI=1S/C12H18N2OS/c1-8-3-4-10(9(2)5-8)14-12(15)11-6-16-7-13-11/h6-10H,3-5H2,1-2H3,(H,14,15). The van der Waals surface area contributed by atoms with Gasteiger partial charge in [-0.05, 0) is 31.1 Å². The van der Waals surface area contributed by atoms with E-state index in [-0.39, 0.29) is 5.91 Å². The number of carbonyl (C=O) groups excluding carboxylic acids is 1. The van der Waals surface area contributed by atoms with Crippen molar-refractivity contribution in [3.8, 4) is 0 Å². The van der Waals surface area contributed by atoms with Gasteiger partial charge in [-0.3, -0.25) is 4.79 Å². The maximum Gasteiger partial charge on any atom is 0.270 e. The first kappa shape index (κ1) is 11.6. The molecular weight excluding hydrogens is 220 g/mol. The van der Waals surface area contributed by atoms with Gasteiger partial charge in [0.1, 0.15) is 5.69 Å². The topological polar surface area (TPSA) is 42.0 Å². The lowest BCUT2D eigenvalue weighted by Crippen LogP contribution is -2.42. The highest BCUT2D eigenvalue weighted by Gasteiger charge is 2.26. The van der Waals surface area contributed by atoms with Crippen LogP contribution < -0.4 is 5.32 Å². The second-order valence-corrected chi connectivity index (χ2v) is 5.57. The highest BCUT2D eigenvalue weighted by molar-refractivity contribution is 7.07. The van der Waals surface area contributed by atoms with E-state index in [4.69, 9.17) is 0 Å². The predicted molar refractivity (Wildman–Crippen MR) is 65.5 cm³/mol. The Labute approximate surface area is 100 Å². The van der Waals surface area contributed by atoms with E-state index in [9.17, 15) is 4.79 Å². The van der Waals surface area contributed by atoms with Crippen LogP contribution in [0.1, 0.15) is 43.6 Å². The quantitative estimate of drug-likeness (QED) is 0.860. The molecule has 1 saturated carbocycles. The van der Waals surface area contributed by atoms with Gasteiger partial charge in [-0.2, -0.15) is 0 Å². The van der Waals surface area contributed by atoms with Crippen LogP contribution in [0, 0.1) is 11.8 Å². The van der Waals surface area contributed by atoms with Crippen LogP contribution in [0.25, 0.3) is 0 Å². The van der Waals surface area contributed by atoms with Crippen molar-refractivity contribution in [1.82, 2.24) is 10.3 Å². The van der Waals surface area contributed by atoms with Crippen molar-refractivity contribution in [3.63, 3.8) is 0 Å². The van der Waals surface area contributed by atoms with Crippen LogP contribution in [0.2, 0.25) is 0 Å². The first-order valence-electron chi connectivity index (χ1n) is 5.86. The van der Waals surface area contributed by atoms with E-state index >= 15 is 0 Å². The third-order valence-electron chi connectivity index (χ3n) is 3.41. The molecule has 88 valence electrons. The van der Waals surface area contributed by atoms with Crippen LogP contribution >= 0.6 is 11.3 Å². The number of amides is 1. The fraction of sp³-hybridized carbons (Fsp3) is 0.667. The van der Waals surface area contributed by atoms with Crippen molar-refractivity contribution < 1.29 is 4.79 Å². The van der Waals surface area contributed by atoms with Crippen molar-refractivity contribution in [2.24, 2.45) is 11.8 Å². The second kappa shape index (κ2) is 4.95. The Hall–Kier alpha value is -0.900. The van der Waals surface area contributed by atoms with Crippen LogP contribution in [-0.2, 0) is 0 Å². The predicted octanol–water partition coefficient (Wildman–Crippen LogP) is 2.70. The molecule has 0 aromatic carbocycles. The van der Waals surface area contributed by atoms with Crippen LogP contribution in [0.15, 0.2) is 10.9 Å². The van der Waals surface area contributed by atoms with Crippen molar-refractivity contribution in [1.29, 1.82) is 0 Å². The molecule has 16 heavy (non-hydrogen) atoms. The zero-order chi connectivity index (χ0) is 11.5. The van der Waals surface area contributed by atoms with Crippen LogP contribution in [0.4, 0.5) is 0 Å². The Morgan fingerprint density at radius 2 is 2.31 bits per heavy atom. The number of thiazole rings is 1. The Morgan fingerprint density at radius 3 is 2.94 bits per heavy atom. The zero-order valence-electron chi connectivity index (χ0n) is 9.77. The molecule has 1 aliphatic carbocycles. The summed E-state index contributed by atoms with van der Waals surface area (Å²) < 4.78 is 0. The Morgan fingerprint density at radius 1 is 1.50 bits per heavy atom. The fourth-order valence-electron chi connectivity index (χ4n) is 2.45. The van der Waals surface area contributed by atoms with Crippen molar-refractivity contribution in [2.75, 3.05) is 0 Å². The lowest BCUT2D eigenvalue weighted by atomic mass is 9.80. The number of hydrogen-bond donors (Lipinski definition) is 1. The summed E-state index contributed by atoms with van der Waals surface area (Å²) in [5, 5.41) is 4.89. The van der Waals surface area contributed by atoms with Gasteiger partial charge in [0.2, 0.25) is 0 Å². The number of carbonyl (C=O) groups is 1. The van der Waals surface area contributed by atoms with Gasteiger partial charge in [0.05, 0.1) is 5.51 Å². The molecule has 3 atom stereocenters. The van der Waals surface area contributed by atoms with E-state index in [1.807, 2.05) is 0 Å². The van der Waals surface area contributed by atoms with Gasteiger partial charge in [-0.15, -0.1) is 11.3 Å². The van der Waals surface area contributed by atoms with Gasteiger partial charge in [0.25, 0.3) is 5.91 Å². The number of rotatable bonds is 2. The molecule has 2 rings (SSSR count). The summed E-state index contributed by atoms with van der Waals surface area (Å²) in [5.74, 6) is 1.35. The minimum Gasteiger partial charge on any atom is -0.348 e. The molecule has 1 fully saturated rings. The summed E-state index contributed by atoms with van der Waals surface area (Å²) in [4.78, 5) is 15.9. The van der Waals surface area contributed by atoms with Gasteiger partial charge < -0.3 is 5.32 Å². The Bertz CT molecular complexity index is 350. The molecule has 1 aliphatic rings. The summed E-state index contributed by atoms with van der Waals surface area (Å²) in [6, 6.07) is 0.324. The van der Waals surface area contributed by atoms with Crippen LogP contribution in [-0.4, -0.2) is 16.9 Å². The second-order valence-electron chi connectivity index (χ2n) is 4.85. The molecular formula is C12H18N2OS. The van der Waals surface area contributed by atoms with Crippen LogP contribution in [0.3, 0.4) is 0 Å². The molecule has 1 N–H and O–H groups in total. The molecule has 0 radical (unpaired) electrons. The molecule has 1 amide bonds. The van der Waals surface area contributed by atoms with E-state index < -0.39 is 0 Å². The maximum absolute atomic E-state index is 11.8. The van der Waals surface area contributed by atoms with Crippen molar-refractivity contribution in [2.45, 2.75) is 39.2 Å². The highest BCUT2D eigenvalue weighted by Crippen LogP contribution is 2.28. The molecule has 1 aromatic heterocycles. The number of nitrogens with zero attached hydrogens (tertiary/aromatic N) is 1. The fourth-order valence-corrected chi connectivity index (χ4v) is 2.98. The smallest absolute Gasteiger partial charge is 0.270 e. The minimum absolute atomic E-state index is 0.0207. The molecule has 3 nitrogen and oxygen atoms in total. The lowest BCUT2D eigenvalue weighted by Gasteiger charge is -2.32. The lowest BCUT2D eigenvalue weighted by molar-refractivity contribution is 0.0895. The first-order chi connectivity index (χ1) is 7.66. The van der Waals surface area contributed by atoms with E-state index in [1.165, 1.54) is 24.2 Å². The van der Waals surface area contributed by atoms with E-state index in [0.717, 1.165) is 12.3 Å². The molecule has 1 heterocycles. The third kappa shape index (κ3) is 2.61. The SMILES string of the molecule is CC1CCC(NC(=O)c2cscn2)C(C)C1. The summed E-state index contributed by atoms with van der Waals surface area (Å²) in [5.41, 5.74) is 2.25. The molecule has 0 spiro atoms. The van der Waals surface area contributed by atoms with Crippen molar-refractivity contribution in [3.05, 3.63) is 16.6 Å². The molecule has 1 aromatic rings. The third-order valence-corrected chi connectivity index (χ3v) is 4.00. The highest BCUT2D eigenvalue weighted by atomic mass is 32.1. The summed E-state index contributed by atoms with van der Waals surface area (Å²) >= 11 is 1.46. The zero-order valence-corrected chi connectivity index (χ0v) is 10.6. The number of hydrogen-bond acceptors (Lipinski definition) is 3. The average Bonchev–Trinajstić information content (AvgIpc) is 2.75. The molecule has 0 aliphatic heterocycles.